The topological polar surface area (TPSA) is 49.6 Å². The van der Waals surface area contributed by atoms with Gasteiger partial charge in [-0.15, -0.1) is 0 Å². The summed E-state index contributed by atoms with van der Waals surface area (Å²) in [5.41, 5.74) is 7.98. The minimum atomic E-state index is 0.556. The van der Waals surface area contributed by atoms with Crippen LogP contribution in [0.15, 0.2) is 24.3 Å². The van der Waals surface area contributed by atoms with E-state index in [1.807, 2.05) is 0 Å². The Bertz CT molecular complexity index is 355. The molecule has 0 saturated carbocycles. The van der Waals surface area contributed by atoms with Crippen molar-refractivity contribution in [3.05, 3.63) is 29.8 Å². The van der Waals surface area contributed by atoms with Crippen LogP contribution in [0.3, 0.4) is 0 Å². The lowest BCUT2D eigenvalue weighted by Gasteiger charge is -2.35. The van der Waals surface area contributed by atoms with Gasteiger partial charge in [0.1, 0.15) is 6.29 Å². The number of carbonyl (C=O) groups is 1. The van der Waals surface area contributed by atoms with E-state index in [2.05, 4.69) is 34.1 Å². The molecule has 1 fully saturated rings. The lowest BCUT2D eigenvalue weighted by Crippen LogP contribution is -2.46. The molecule has 1 aliphatic rings. The maximum atomic E-state index is 10.4. The first kappa shape index (κ1) is 12.1. The summed E-state index contributed by atoms with van der Waals surface area (Å²) in [7, 11) is 0. The van der Waals surface area contributed by atoms with E-state index in [1.165, 1.54) is 5.69 Å². The molecule has 0 radical (unpaired) electrons. The maximum Gasteiger partial charge on any atom is 0.133 e. The Morgan fingerprint density at radius 2 is 1.76 bits per heavy atom. The van der Waals surface area contributed by atoms with Crippen LogP contribution in [0.1, 0.15) is 5.56 Å². The normalized spacial score (nSPS) is 17.1. The van der Waals surface area contributed by atoms with E-state index in [4.69, 9.17) is 5.73 Å². The molecular formula is C13H19N3O. The zero-order valence-electron chi connectivity index (χ0n) is 10.0. The Morgan fingerprint density at radius 3 is 2.29 bits per heavy atom. The molecule has 2 N–H and O–H groups in total. The molecule has 0 aliphatic carbocycles. The highest BCUT2D eigenvalue weighted by Gasteiger charge is 2.16. The zero-order chi connectivity index (χ0) is 12.1. The van der Waals surface area contributed by atoms with Gasteiger partial charge in [0.05, 0.1) is 6.54 Å². The average Bonchev–Trinajstić information content (AvgIpc) is 2.40. The fraction of sp³-hybridized carbons (Fsp3) is 0.462. The second-order valence-corrected chi connectivity index (χ2v) is 4.32. The third-order valence-corrected chi connectivity index (χ3v) is 3.24. The van der Waals surface area contributed by atoms with E-state index >= 15 is 0 Å². The minimum absolute atomic E-state index is 0.556. The highest BCUT2D eigenvalue weighted by molar-refractivity contribution is 5.52. The summed E-state index contributed by atoms with van der Waals surface area (Å²) in [5.74, 6) is 0. The van der Waals surface area contributed by atoms with Crippen molar-refractivity contribution in [2.45, 2.75) is 6.54 Å². The minimum Gasteiger partial charge on any atom is -0.369 e. The van der Waals surface area contributed by atoms with Crippen LogP contribution in [0.2, 0.25) is 0 Å². The number of anilines is 1. The van der Waals surface area contributed by atoms with Crippen molar-refractivity contribution in [1.29, 1.82) is 0 Å². The Hall–Kier alpha value is -1.39. The van der Waals surface area contributed by atoms with E-state index in [0.717, 1.165) is 38.0 Å². The fourth-order valence-electron chi connectivity index (χ4n) is 2.14. The van der Waals surface area contributed by atoms with Crippen molar-refractivity contribution in [3.63, 3.8) is 0 Å². The van der Waals surface area contributed by atoms with Crippen molar-refractivity contribution >= 4 is 12.0 Å². The first-order valence-corrected chi connectivity index (χ1v) is 6.03. The summed E-state index contributed by atoms with van der Waals surface area (Å²) in [4.78, 5) is 15.0. The van der Waals surface area contributed by atoms with Gasteiger partial charge in [-0.1, -0.05) is 12.1 Å². The molecule has 4 heteroatoms. The summed E-state index contributed by atoms with van der Waals surface area (Å²) in [6, 6.07) is 8.40. The van der Waals surface area contributed by atoms with Crippen molar-refractivity contribution in [2.75, 3.05) is 37.6 Å². The van der Waals surface area contributed by atoms with Crippen LogP contribution in [0.5, 0.6) is 0 Å². The number of nitrogens with two attached hydrogens (primary N) is 1. The van der Waals surface area contributed by atoms with Crippen LogP contribution < -0.4 is 10.6 Å². The van der Waals surface area contributed by atoms with Crippen molar-refractivity contribution in [1.82, 2.24) is 4.90 Å². The molecule has 2 rings (SSSR count). The molecule has 0 amide bonds. The number of benzene rings is 1. The van der Waals surface area contributed by atoms with Gasteiger partial charge in [0, 0.05) is 38.4 Å². The number of rotatable bonds is 4. The molecular weight excluding hydrogens is 214 g/mol. The van der Waals surface area contributed by atoms with Gasteiger partial charge in [-0.05, 0) is 17.7 Å². The molecule has 1 saturated heterocycles. The predicted molar refractivity (Wildman–Crippen MR) is 69.1 cm³/mol. The third kappa shape index (κ3) is 3.05. The summed E-state index contributed by atoms with van der Waals surface area (Å²) >= 11 is 0. The molecule has 4 nitrogen and oxygen atoms in total. The lowest BCUT2D eigenvalue weighted by atomic mass is 10.2. The monoisotopic (exact) mass is 233 g/mol. The first-order valence-electron chi connectivity index (χ1n) is 6.03. The van der Waals surface area contributed by atoms with Crippen LogP contribution >= 0.6 is 0 Å². The highest BCUT2D eigenvalue weighted by Crippen LogP contribution is 2.16. The summed E-state index contributed by atoms with van der Waals surface area (Å²) in [6.07, 6.45) is 0.978. The summed E-state index contributed by atoms with van der Waals surface area (Å²) in [5, 5.41) is 0. The van der Waals surface area contributed by atoms with E-state index in [1.54, 1.807) is 0 Å². The van der Waals surface area contributed by atoms with E-state index < -0.39 is 0 Å². The Kier molecular flexibility index (Phi) is 4.12. The van der Waals surface area contributed by atoms with E-state index in [-0.39, 0.29) is 0 Å². The number of hydrogen-bond acceptors (Lipinski definition) is 4. The van der Waals surface area contributed by atoms with Gasteiger partial charge < -0.3 is 15.4 Å². The second kappa shape index (κ2) is 5.80. The summed E-state index contributed by atoms with van der Waals surface area (Å²) in [6.45, 7) is 5.02. The largest absolute Gasteiger partial charge is 0.369 e. The number of carbonyl (C=O) groups excluding carboxylic acids is 1. The molecule has 1 aromatic carbocycles. The standard InChI is InChI=1S/C13H19N3O/c14-11-12-1-3-13(4-2-12)16-7-5-15(6-8-16)9-10-17/h1-4,10H,5-9,11,14H2. The van der Waals surface area contributed by atoms with Crippen molar-refractivity contribution in [3.8, 4) is 0 Å². The number of piperazine rings is 1. The van der Waals surface area contributed by atoms with Crippen LogP contribution in [-0.4, -0.2) is 43.9 Å². The van der Waals surface area contributed by atoms with E-state index in [0.29, 0.717) is 13.1 Å². The number of hydrogen-bond donors (Lipinski definition) is 1. The van der Waals surface area contributed by atoms with Crippen LogP contribution in [0.25, 0.3) is 0 Å². The average molecular weight is 233 g/mol. The molecule has 0 aromatic heterocycles. The van der Waals surface area contributed by atoms with Gasteiger partial charge in [0.2, 0.25) is 0 Å². The Morgan fingerprint density at radius 1 is 1.12 bits per heavy atom. The molecule has 1 aromatic rings. The van der Waals surface area contributed by atoms with Crippen LogP contribution in [-0.2, 0) is 11.3 Å². The molecule has 0 spiro atoms. The smallest absolute Gasteiger partial charge is 0.133 e. The third-order valence-electron chi connectivity index (χ3n) is 3.24. The van der Waals surface area contributed by atoms with Gasteiger partial charge in [-0.25, -0.2) is 0 Å². The molecule has 1 aliphatic heterocycles. The maximum absolute atomic E-state index is 10.4. The summed E-state index contributed by atoms with van der Waals surface area (Å²) < 4.78 is 0. The first-order chi connectivity index (χ1) is 8.33. The van der Waals surface area contributed by atoms with Crippen molar-refractivity contribution in [2.24, 2.45) is 5.73 Å². The molecule has 0 unspecified atom stereocenters. The zero-order valence-corrected chi connectivity index (χ0v) is 10.0. The van der Waals surface area contributed by atoms with Crippen molar-refractivity contribution < 1.29 is 4.79 Å². The van der Waals surface area contributed by atoms with Gasteiger partial charge in [0.15, 0.2) is 0 Å². The molecule has 1 heterocycles. The molecule has 17 heavy (non-hydrogen) atoms. The van der Waals surface area contributed by atoms with Crippen LogP contribution in [0.4, 0.5) is 5.69 Å². The Labute approximate surface area is 102 Å². The number of nitrogens with zero attached hydrogens (tertiary/aromatic N) is 2. The van der Waals surface area contributed by atoms with Gasteiger partial charge in [-0.2, -0.15) is 0 Å². The number of aldehydes is 1. The Balaban J connectivity index is 1.93. The fourth-order valence-corrected chi connectivity index (χ4v) is 2.14. The van der Waals surface area contributed by atoms with Crippen LogP contribution in [0, 0.1) is 0 Å². The molecule has 92 valence electrons. The molecule has 0 bridgehead atoms. The lowest BCUT2D eigenvalue weighted by molar-refractivity contribution is -0.108. The SMILES string of the molecule is NCc1ccc(N2CCN(CC=O)CC2)cc1. The second-order valence-electron chi connectivity index (χ2n) is 4.32. The van der Waals surface area contributed by atoms with E-state index in [9.17, 15) is 4.79 Å². The van der Waals surface area contributed by atoms with Gasteiger partial charge in [0.25, 0.3) is 0 Å². The quantitative estimate of drug-likeness (QED) is 0.768. The predicted octanol–water partition coefficient (Wildman–Crippen LogP) is 0.466. The van der Waals surface area contributed by atoms with Gasteiger partial charge >= 0.3 is 0 Å². The highest BCUT2D eigenvalue weighted by atomic mass is 16.1. The van der Waals surface area contributed by atoms with Gasteiger partial charge in [-0.3, -0.25) is 4.90 Å². The molecule has 0 atom stereocenters.